The van der Waals surface area contributed by atoms with Crippen LogP contribution in [-0.4, -0.2) is 29.9 Å². The minimum Gasteiger partial charge on any atom is -0.381 e. The van der Waals surface area contributed by atoms with Gasteiger partial charge in [0, 0.05) is 18.0 Å². The van der Waals surface area contributed by atoms with Crippen LogP contribution >= 0.6 is 11.5 Å². The van der Waals surface area contributed by atoms with Crippen LogP contribution in [0, 0.1) is 12.7 Å². The van der Waals surface area contributed by atoms with Gasteiger partial charge in [-0.15, -0.1) is 5.10 Å². The van der Waals surface area contributed by atoms with Gasteiger partial charge in [-0.05, 0) is 36.2 Å². The van der Waals surface area contributed by atoms with E-state index in [0.29, 0.717) is 5.00 Å². The van der Waals surface area contributed by atoms with Crippen molar-refractivity contribution in [3.8, 4) is 11.1 Å². The number of rotatable bonds is 3. The average molecular weight is 369 g/mol. The minimum atomic E-state index is -0.579. The summed E-state index contributed by atoms with van der Waals surface area (Å²) in [5, 5.41) is 7.31. The predicted molar refractivity (Wildman–Crippen MR) is 95.4 cm³/mol. The first kappa shape index (κ1) is 16.1. The number of nitrogen functional groups attached to an aromatic ring is 1. The molecule has 0 saturated carbocycles. The second-order valence-corrected chi connectivity index (χ2v) is 6.24. The molecule has 4 aromatic rings. The van der Waals surface area contributed by atoms with Crippen LogP contribution in [0.1, 0.15) is 16.1 Å². The quantitative estimate of drug-likeness (QED) is 0.574. The molecule has 0 unspecified atom stereocenters. The maximum Gasteiger partial charge on any atom is 0.264 e. The summed E-state index contributed by atoms with van der Waals surface area (Å²) < 4.78 is 18.7. The van der Waals surface area contributed by atoms with E-state index in [4.69, 9.17) is 5.73 Å². The van der Waals surface area contributed by atoms with Gasteiger partial charge in [-0.1, -0.05) is 0 Å². The van der Waals surface area contributed by atoms with Gasteiger partial charge < -0.3 is 11.1 Å². The molecule has 10 heteroatoms. The lowest BCUT2D eigenvalue weighted by atomic mass is 10.1. The zero-order chi connectivity index (χ0) is 18.3. The third-order valence-corrected chi connectivity index (χ3v) is 4.61. The third kappa shape index (κ3) is 2.65. The molecule has 8 nitrogen and oxygen atoms in total. The molecule has 3 N–H and O–H groups in total. The largest absolute Gasteiger partial charge is 0.381 e. The van der Waals surface area contributed by atoms with Crippen LogP contribution in [0.15, 0.2) is 36.9 Å². The molecule has 0 spiro atoms. The fourth-order valence-corrected chi connectivity index (χ4v) is 3.44. The molecular weight excluding hydrogens is 357 g/mol. The van der Waals surface area contributed by atoms with E-state index in [1.807, 2.05) is 19.1 Å². The first-order valence-electron chi connectivity index (χ1n) is 7.52. The lowest BCUT2D eigenvalue weighted by Crippen LogP contribution is -2.13. The second-order valence-electron chi connectivity index (χ2n) is 5.46. The number of nitrogens with zero attached hydrogens (tertiary/aromatic N) is 5. The first-order chi connectivity index (χ1) is 12.5. The number of aromatic nitrogens is 5. The average Bonchev–Trinajstić information content (AvgIpc) is 3.14. The van der Waals surface area contributed by atoms with Crippen LogP contribution in [0.4, 0.5) is 15.2 Å². The molecule has 0 aliphatic rings. The summed E-state index contributed by atoms with van der Waals surface area (Å²) in [6.45, 7) is 1.86. The van der Waals surface area contributed by atoms with Crippen LogP contribution in [0.5, 0.6) is 0 Å². The minimum absolute atomic E-state index is 0.0349. The van der Waals surface area contributed by atoms with Gasteiger partial charge in [0.2, 0.25) is 0 Å². The van der Waals surface area contributed by atoms with Crippen molar-refractivity contribution in [1.82, 2.24) is 24.0 Å². The standard InChI is InChI=1S/C16H12FN7OS/c1-8-11(9-2-4-19-5-3-9)16(26-23-8)21-15(25)12-13(18)22-24-7-10(17)6-20-14(12)24/h2-7H,1H3,(H2,18,22)(H,21,25). The molecule has 4 heterocycles. The Morgan fingerprint density at radius 2 is 2.12 bits per heavy atom. The SMILES string of the molecule is Cc1nsc(NC(=O)c2c(N)nn3cc(F)cnc23)c1-c1ccncc1. The molecule has 0 aliphatic carbocycles. The molecular formula is C16H12FN7OS. The fourth-order valence-electron chi connectivity index (χ4n) is 2.63. The number of fused-ring (bicyclic) bond motifs is 1. The zero-order valence-corrected chi connectivity index (χ0v) is 14.3. The van der Waals surface area contributed by atoms with Gasteiger partial charge in [0.25, 0.3) is 5.91 Å². The van der Waals surface area contributed by atoms with Crippen LogP contribution in [0.2, 0.25) is 0 Å². The number of nitrogens with one attached hydrogen (secondary N) is 1. The number of hydrogen-bond acceptors (Lipinski definition) is 7. The summed E-state index contributed by atoms with van der Waals surface area (Å²) >= 11 is 1.16. The summed E-state index contributed by atoms with van der Waals surface area (Å²) in [4.78, 5) is 20.7. The molecule has 0 radical (unpaired) electrons. The molecule has 0 atom stereocenters. The Kier molecular flexibility index (Phi) is 3.81. The Morgan fingerprint density at radius 3 is 2.88 bits per heavy atom. The molecule has 0 saturated heterocycles. The molecule has 1 amide bonds. The second kappa shape index (κ2) is 6.15. The van der Waals surface area contributed by atoms with Gasteiger partial charge in [-0.2, -0.15) is 4.37 Å². The smallest absolute Gasteiger partial charge is 0.264 e. The van der Waals surface area contributed by atoms with Crippen molar-refractivity contribution in [2.24, 2.45) is 0 Å². The molecule has 130 valence electrons. The zero-order valence-electron chi connectivity index (χ0n) is 13.5. The van der Waals surface area contributed by atoms with Gasteiger partial charge in [0.15, 0.2) is 17.3 Å². The van der Waals surface area contributed by atoms with E-state index in [-0.39, 0.29) is 17.0 Å². The van der Waals surface area contributed by atoms with Crippen LogP contribution in [0.25, 0.3) is 16.8 Å². The maximum atomic E-state index is 13.3. The van der Waals surface area contributed by atoms with Crippen molar-refractivity contribution in [3.63, 3.8) is 0 Å². The summed E-state index contributed by atoms with van der Waals surface area (Å²) in [6, 6.07) is 3.67. The van der Waals surface area contributed by atoms with Crippen LogP contribution in [-0.2, 0) is 0 Å². The number of halogens is 1. The highest BCUT2D eigenvalue weighted by Gasteiger charge is 2.22. The van der Waals surface area contributed by atoms with Crippen molar-refractivity contribution in [2.45, 2.75) is 6.92 Å². The predicted octanol–water partition coefficient (Wildman–Crippen LogP) is 2.53. The lowest BCUT2D eigenvalue weighted by Gasteiger charge is -2.06. The monoisotopic (exact) mass is 369 g/mol. The number of pyridine rings is 1. The summed E-state index contributed by atoms with van der Waals surface area (Å²) in [6.07, 6.45) is 5.45. The summed E-state index contributed by atoms with van der Waals surface area (Å²) in [5.74, 6) is -1.10. The molecule has 4 rings (SSSR count). The van der Waals surface area contributed by atoms with Crippen molar-refractivity contribution >= 4 is 33.9 Å². The molecule has 0 aliphatic heterocycles. The Hall–Kier alpha value is -3.40. The number of carbonyl (C=O) groups is 1. The lowest BCUT2D eigenvalue weighted by molar-refractivity contribution is 0.102. The van der Waals surface area contributed by atoms with E-state index < -0.39 is 11.7 Å². The van der Waals surface area contributed by atoms with E-state index >= 15 is 0 Å². The van der Waals surface area contributed by atoms with Crippen LogP contribution < -0.4 is 11.1 Å². The Balaban J connectivity index is 1.74. The number of carbonyl (C=O) groups excluding carboxylic acids is 1. The van der Waals surface area contributed by atoms with E-state index in [1.54, 1.807) is 12.4 Å². The molecule has 0 fully saturated rings. The number of amides is 1. The fraction of sp³-hybridized carbons (Fsp3) is 0.0625. The van der Waals surface area contributed by atoms with E-state index in [2.05, 4.69) is 24.8 Å². The number of nitrogens with two attached hydrogens (primary N) is 1. The highest BCUT2D eigenvalue weighted by atomic mass is 32.1. The van der Waals surface area contributed by atoms with Crippen molar-refractivity contribution in [1.29, 1.82) is 0 Å². The highest BCUT2D eigenvalue weighted by Crippen LogP contribution is 2.35. The van der Waals surface area contributed by atoms with Gasteiger partial charge in [-0.3, -0.25) is 9.78 Å². The normalized spacial score (nSPS) is 11.0. The first-order valence-corrected chi connectivity index (χ1v) is 8.29. The summed E-state index contributed by atoms with van der Waals surface area (Å²) in [5.41, 5.74) is 8.56. The Morgan fingerprint density at radius 1 is 1.35 bits per heavy atom. The topological polar surface area (TPSA) is 111 Å². The van der Waals surface area contributed by atoms with Gasteiger partial charge >= 0.3 is 0 Å². The highest BCUT2D eigenvalue weighted by molar-refractivity contribution is 7.11. The number of hydrogen-bond donors (Lipinski definition) is 2. The molecule has 0 bridgehead atoms. The van der Waals surface area contributed by atoms with Gasteiger partial charge in [-0.25, -0.2) is 13.9 Å². The van der Waals surface area contributed by atoms with E-state index in [0.717, 1.165) is 45.3 Å². The number of aryl methyl sites for hydroxylation is 1. The van der Waals surface area contributed by atoms with E-state index in [1.165, 1.54) is 0 Å². The van der Waals surface area contributed by atoms with Gasteiger partial charge in [0.05, 0.1) is 18.1 Å². The number of anilines is 2. The van der Waals surface area contributed by atoms with Gasteiger partial charge in [0.1, 0.15) is 10.6 Å². The Labute approximate surface area is 150 Å². The van der Waals surface area contributed by atoms with Crippen molar-refractivity contribution < 1.29 is 9.18 Å². The third-order valence-electron chi connectivity index (χ3n) is 3.75. The Bertz CT molecular complexity index is 1120. The van der Waals surface area contributed by atoms with E-state index in [9.17, 15) is 9.18 Å². The molecule has 26 heavy (non-hydrogen) atoms. The summed E-state index contributed by atoms with van der Waals surface area (Å²) in [7, 11) is 0. The maximum absolute atomic E-state index is 13.3. The van der Waals surface area contributed by atoms with Crippen molar-refractivity contribution in [2.75, 3.05) is 11.1 Å². The molecule has 4 aromatic heterocycles. The van der Waals surface area contributed by atoms with Crippen molar-refractivity contribution in [3.05, 3.63) is 54.0 Å². The van der Waals surface area contributed by atoms with Crippen LogP contribution in [0.3, 0.4) is 0 Å². The molecule has 0 aromatic carbocycles.